The zero-order valence-electron chi connectivity index (χ0n) is 13.0. The van der Waals surface area contributed by atoms with E-state index in [-0.39, 0.29) is 11.7 Å². The molecule has 118 valence electrons. The van der Waals surface area contributed by atoms with Crippen molar-refractivity contribution in [3.8, 4) is 6.07 Å². The fourth-order valence-electron chi connectivity index (χ4n) is 3.23. The molecule has 0 saturated carbocycles. The van der Waals surface area contributed by atoms with E-state index >= 15 is 0 Å². The minimum Gasteiger partial charge on any atom is -0.384 e. The standard InChI is InChI=1S/C16H21N3O2S/c1-16(2)6-11-12(7-17)14(18)19(8-10-4-3-5-20-10)15(22)13(11)9-21-16/h10H,3-6,8-9,18H2,1-2H3. The van der Waals surface area contributed by atoms with Crippen molar-refractivity contribution in [2.75, 3.05) is 12.3 Å². The third-order valence-corrected chi connectivity index (χ3v) is 4.91. The molecule has 0 radical (unpaired) electrons. The Balaban J connectivity index is 2.10. The summed E-state index contributed by atoms with van der Waals surface area (Å²) in [6.45, 7) is 5.86. The molecule has 1 unspecified atom stereocenters. The SMILES string of the molecule is CC1(C)Cc2c(C#N)c(N)n(CC3CCCO3)c(=S)c2CO1. The van der Waals surface area contributed by atoms with E-state index in [1.165, 1.54) is 0 Å². The van der Waals surface area contributed by atoms with E-state index in [1.807, 2.05) is 18.4 Å². The molecule has 3 heterocycles. The lowest BCUT2D eigenvalue weighted by atomic mass is 9.89. The Hall–Kier alpha value is -1.42. The highest BCUT2D eigenvalue weighted by molar-refractivity contribution is 7.71. The van der Waals surface area contributed by atoms with Gasteiger partial charge in [-0.25, -0.2) is 0 Å². The number of hydrogen-bond acceptors (Lipinski definition) is 5. The van der Waals surface area contributed by atoms with E-state index in [9.17, 15) is 5.26 Å². The molecule has 6 heteroatoms. The van der Waals surface area contributed by atoms with Crippen LogP contribution in [0.25, 0.3) is 0 Å². The first-order valence-corrected chi connectivity index (χ1v) is 8.03. The van der Waals surface area contributed by atoms with E-state index < -0.39 is 0 Å². The Morgan fingerprint density at radius 1 is 1.45 bits per heavy atom. The molecule has 0 aromatic carbocycles. The summed E-state index contributed by atoms with van der Waals surface area (Å²) < 4.78 is 14.1. The third-order valence-electron chi connectivity index (χ3n) is 4.45. The normalized spacial score (nSPS) is 23.0. The van der Waals surface area contributed by atoms with Gasteiger partial charge < -0.3 is 19.8 Å². The van der Waals surface area contributed by atoms with E-state index in [0.29, 0.717) is 35.6 Å². The lowest BCUT2D eigenvalue weighted by Gasteiger charge is -2.33. The van der Waals surface area contributed by atoms with E-state index in [0.717, 1.165) is 30.6 Å². The number of fused-ring (bicyclic) bond motifs is 1. The molecule has 2 aliphatic heterocycles. The maximum Gasteiger partial charge on any atom is 0.122 e. The Kier molecular flexibility index (Phi) is 3.98. The summed E-state index contributed by atoms with van der Waals surface area (Å²) in [5.74, 6) is 0.458. The van der Waals surface area contributed by atoms with Crippen LogP contribution in [0.1, 0.15) is 43.4 Å². The molecule has 1 aromatic rings. The van der Waals surface area contributed by atoms with Crippen molar-refractivity contribution >= 4 is 18.0 Å². The first-order chi connectivity index (χ1) is 10.4. The summed E-state index contributed by atoms with van der Waals surface area (Å²) in [6.07, 6.45) is 2.84. The quantitative estimate of drug-likeness (QED) is 0.849. The smallest absolute Gasteiger partial charge is 0.122 e. The van der Waals surface area contributed by atoms with Crippen molar-refractivity contribution in [3.63, 3.8) is 0 Å². The topological polar surface area (TPSA) is 73.2 Å². The molecular formula is C16H21N3O2S. The molecule has 3 rings (SSSR count). The predicted molar refractivity (Wildman–Crippen MR) is 85.9 cm³/mol. The van der Waals surface area contributed by atoms with Crippen LogP contribution in [0.2, 0.25) is 0 Å². The van der Waals surface area contributed by atoms with Crippen molar-refractivity contribution in [2.45, 2.75) is 58.0 Å². The van der Waals surface area contributed by atoms with Crippen LogP contribution in [-0.4, -0.2) is 22.9 Å². The van der Waals surface area contributed by atoms with Crippen LogP contribution in [0.4, 0.5) is 5.82 Å². The molecule has 5 nitrogen and oxygen atoms in total. The van der Waals surface area contributed by atoms with Gasteiger partial charge in [0.05, 0.1) is 30.4 Å². The molecule has 0 amide bonds. The van der Waals surface area contributed by atoms with Crippen LogP contribution >= 0.6 is 12.2 Å². The third kappa shape index (κ3) is 2.65. The zero-order valence-corrected chi connectivity index (χ0v) is 13.8. The highest BCUT2D eigenvalue weighted by atomic mass is 32.1. The Bertz CT molecular complexity index is 697. The first kappa shape index (κ1) is 15.5. The molecule has 22 heavy (non-hydrogen) atoms. The van der Waals surface area contributed by atoms with Gasteiger partial charge in [-0.1, -0.05) is 12.2 Å². The van der Waals surface area contributed by atoms with Gasteiger partial charge >= 0.3 is 0 Å². The molecule has 2 N–H and O–H groups in total. The number of hydrogen-bond donors (Lipinski definition) is 1. The molecule has 1 fully saturated rings. The highest BCUT2D eigenvalue weighted by Crippen LogP contribution is 2.34. The largest absolute Gasteiger partial charge is 0.384 e. The van der Waals surface area contributed by atoms with Crippen LogP contribution in [0.5, 0.6) is 0 Å². The molecule has 1 aromatic heterocycles. The summed E-state index contributed by atoms with van der Waals surface area (Å²) >= 11 is 5.62. The van der Waals surface area contributed by atoms with Gasteiger partial charge in [-0.15, -0.1) is 0 Å². The summed E-state index contributed by atoms with van der Waals surface area (Å²) in [5, 5.41) is 9.57. The molecular weight excluding hydrogens is 298 g/mol. The maximum absolute atomic E-state index is 9.57. The molecule has 0 bridgehead atoms. The van der Waals surface area contributed by atoms with E-state index in [4.69, 9.17) is 27.4 Å². The minimum atomic E-state index is -0.298. The van der Waals surface area contributed by atoms with Crippen LogP contribution in [0.3, 0.4) is 0 Å². The molecule has 0 spiro atoms. The Morgan fingerprint density at radius 2 is 2.23 bits per heavy atom. The van der Waals surface area contributed by atoms with E-state index in [2.05, 4.69) is 6.07 Å². The van der Waals surface area contributed by atoms with Gasteiger partial charge in [-0.2, -0.15) is 5.26 Å². The highest BCUT2D eigenvalue weighted by Gasteiger charge is 2.31. The maximum atomic E-state index is 9.57. The van der Waals surface area contributed by atoms with Gasteiger partial charge in [0.15, 0.2) is 0 Å². The monoisotopic (exact) mass is 319 g/mol. The lowest BCUT2D eigenvalue weighted by Crippen LogP contribution is -2.34. The van der Waals surface area contributed by atoms with Crippen molar-refractivity contribution < 1.29 is 9.47 Å². The molecule has 0 aliphatic carbocycles. The fourth-order valence-corrected chi connectivity index (χ4v) is 3.58. The number of nitrogens with zero attached hydrogens (tertiary/aromatic N) is 2. The second-order valence-corrected chi connectivity index (χ2v) is 6.99. The van der Waals surface area contributed by atoms with Crippen LogP contribution in [0, 0.1) is 16.0 Å². The first-order valence-electron chi connectivity index (χ1n) is 7.62. The Morgan fingerprint density at radius 3 is 2.86 bits per heavy atom. The summed E-state index contributed by atoms with van der Waals surface area (Å²) in [6, 6.07) is 2.27. The average molecular weight is 319 g/mol. The van der Waals surface area contributed by atoms with Crippen LogP contribution in [-0.2, 0) is 29.0 Å². The number of anilines is 1. The molecule has 1 atom stereocenters. The number of nitriles is 1. The van der Waals surface area contributed by atoms with Gasteiger partial charge in [0, 0.05) is 18.6 Å². The number of nitrogen functional groups attached to an aromatic ring is 1. The van der Waals surface area contributed by atoms with Crippen molar-refractivity contribution in [1.82, 2.24) is 4.57 Å². The summed E-state index contributed by atoms with van der Waals surface area (Å²) in [5.41, 5.74) is 8.38. The number of ether oxygens (including phenoxy) is 2. The van der Waals surface area contributed by atoms with E-state index in [1.54, 1.807) is 0 Å². The van der Waals surface area contributed by atoms with Gasteiger partial charge in [0.2, 0.25) is 0 Å². The number of rotatable bonds is 2. The summed E-state index contributed by atoms with van der Waals surface area (Å²) in [7, 11) is 0. The van der Waals surface area contributed by atoms with Crippen LogP contribution in [0.15, 0.2) is 0 Å². The predicted octanol–water partition coefficient (Wildman–Crippen LogP) is 2.70. The van der Waals surface area contributed by atoms with Gasteiger partial charge in [0.1, 0.15) is 16.5 Å². The second-order valence-electron chi connectivity index (χ2n) is 6.61. The average Bonchev–Trinajstić information content (AvgIpc) is 2.96. The number of aromatic nitrogens is 1. The second kappa shape index (κ2) is 5.65. The van der Waals surface area contributed by atoms with Crippen molar-refractivity contribution in [3.05, 3.63) is 21.3 Å². The molecule has 2 aliphatic rings. The van der Waals surface area contributed by atoms with Gasteiger partial charge in [0.25, 0.3) is 0 Å². The van der Waals surface area contributed by atoms with Crippen molar-refractivity contribution in [1.29, 1.82) is 5.26 Å². The zero-order chi connectivity index (χ0) is 15.9. The summed E-state index contributed by atoms with van der Waals surface area (Å²) in [4.78, 5) is 0. The van der Waals surface area contributed by atoms with Crippen LogP contribution < -0.4 is 5.73 Å². The van der Waals surface area contributed by atoms with Gasteiger partial charge in [-0.05, 0) is 32.3 Å². The Labute approximate surface area is 135 Å². The molecule has 1 saturated heterocycles. The van der Waals surface area contributed by atoms with Gasteiger partial charge in [-0.3, -0.25) is 0 Å². The lowest BCUT2D eigenvalue weighted by molar-refractivity contribution is -0.0407. The van der Waals surface area contributed by atoms with Crippen molar-refractivity contribution in [2.24, 2.45) is 0 Å². The number of nitrogens with two attached hydrogens (primary N) is 1. The minimum absolute atomic E-state index is 0.125. The number of pyridine rings is 1. The fraction of sp³-hybridized carbons (Fsp3) is 0.625.